The van der Waals surface area contributed by atoms with Crippen LogP contribution in [0.5, 0.6) is 5.75 Å². The Morgan fingerprint density at radius 2 is 1.71 bits per heavy atom. The SMILES string of the molecule is O=C(Cc1ccc2ccccc2c1)Nc1ncc(-c2ccc(O)cc2)nc1CCC1CCCCC1. The maximum atomic E-state index is 13.0. The Labute approximate surface area is 206 Å². The fourth-order valence-corrected chi connectivity index (χ4v) is 5.00. The molecule has 1 aliphatic carbocycles. The van der Waals surface area contributed by atoms with E-state index in [0.717, 1.165) is 46.1 Å². The van der Waals surface area contributed by atoms with E-state index in [2.05, 4.69) is 34.6 Å². The van der Waals surface area contributed by atoms with Gasteiger partial charge in [-0.2, -0.15) is 0 Å². The Kier molecular flexibility index (Phi) is 7.03. The highest BCUT2D eigenvalue weighted by Crippen LogP contribution is 2.29. The van der Waals surface area contributed by atoms with Crippen molar-refractivity contribution in [3.8, 4) is 17.0 Å². The highest BCUT2D eigenvalue weighted by molar-refractivity contribution is 5.93. The highest BCUT2D eigenvalue weighted by Gasteiger charge is 2.17. The van der Waals surface area contributed by atoms with E-state index in [1.165, 1.54) is 32.1 Å². The van der Waals surface area contributed by atoms with Gasteiger partial charge in [0.25, 0.3) is 0 Å². The van der Waals surface area contributed by atoms with E-state index in [-0.39, 0.29) is 18.1 Å². The molecule has 0 unspecified atom stereocenters. The van der Waals surface area contributed by atoms with Crippen LogP contribution in [0.4, 0.5) is 5.82 Å². The average molecular weight is 466 g/mol. The van der Waals surface area contributed by atoms with Crippen molar-refractivity contribution in [3.63, 3.8) is 0 Å². The van der Waals surface area contributed by atoms with Crippen LogP contribution < -0.4 is 5.32 Å². The molecule has 0 spiro atoms. The molecule has 1 heterocycles. The number of aromatic hydroxyl groups is 1. The molecule has 3 aromatic carbocycles. The van der Waals surface area contributed by atoms with E-state index in [4.69, 9.17) is 4.98 Å². The maximum absolute atomic E-state index is 13.0. The van der Waals surface area contributed by atoms with Gasteiger partial charge in [-0.25, -0.2) is 9.97 Å². The average Bonchev–Trinajstić information content (AvgIpc) is 2.89. The van der Waals surface area contributed by atoms with E-state index in [1.54, 1.807) is 18.3 Å². The monoisotopic (exact) mass is 465 g/mol. The zero-order valence-corrected chi connectivity index (χ0v) is 19.9. The number of nitrogens with zero attached hydrogens (tertiary/aromatic N) is 2. The summed E-state index contributed by atoms with van der Waals surface area (Å²) in [7, 11) is 0. The molecule has 1 aromatic heterocycles. The van der Waals surface area contributed by atoms with Gasteiger partial charge in [0.05, 0.1) is 24.0 Å². The molecule has 35 heavy (non-hydrogen) atoms. The number of anilines is 1. The Hall–Kier alpha value is -3.73. The normalized spacial score (nSPS) is 14.2. The van der Waals surface area contributed by atoms with Crippen molar-refractivity contribution in [2.24, 2.45) is 5.92 Å². The molecule has 5 heteroatoms. The molecule has 0 aliphatic heterocycles. The van der Waals surface area contributed by atoms with E-state index >= 15 is 0 Å². The number of amides is 1. The second kappa shape index (κ2) is 10.7. The zero-order chi connectivity index (χ0) is 24.0. The first-order valence-corrected chi connectivity index (χ1v) is 12.6. The van der Waals surface area contributed by atoms with Gasteiger partial charge in [-0.15, -0.1) is 0 Å². The first-order chi connectivity index (χ1) is 17.1. The van der Waals surface area contributed by atoms with Gasteiger partial charge in [-0.1, -0.05) is 74.6 Å². The van der Waals surface area contributed by atoms with Crippen LogP contribution >= 0.6 is 0 Å². The van der Waals surface area contributed by atoms with Crippen molar-refractivity contribution in [1.29, 1.82) is 0 Å². The summed E-state index contributed by atoms with van der Waals surface area (Å²) in [5, 5.41) is 14.9. The summed E-state index contributed by atoms with van der Waals surface area (Å²) in [6.07, 6.45) is 10.3. The van der Waals surface area contributed by atoms with Crippen LogP contribution in [0.1, 0.15) is 49.8 Å². The molecule has 1 fully saturated rings. The summed E-state index contributed by atoms with van der Waals surface area (Å²) in [6, 6.07) is 21.3. The first kappa shape index (κ1) is 23.0. The summed E-state index contributed by atoms with van der Waals surface area (Å²) in [6.45, 7) is 0. The molecular weight excluding hydrogens is 434 g/mol. The summed E-state index contributed by atoms with van der Waals surface area (Å²) < 4.78 is 0. The summed E-state index contributed by atoms with van der Waals surface area (Å²) in [4.78, 5) is 22.5. The summed E-state index contributed by atoms with van der Waals surface area (Å²) in [5.74, 6) is 1.39. The van der Waals surface area contributed by atoms with Gasteiger partial charge in [0.2, 0.25) is 5.91 Å². The molecular formula is C30H31N3O2. The number of aromatic nitrogens is 2. The Balaban J connectivity index is 1.35. The van der Waals surface area contributed by atoms with Crippen LogP contribution in [-0.2, 0) is 17.6 Å². The Morgan fingerprint density at radius 3 is 2.51 bits per heavy atom. The molecule has 5 rings (SSSR count). The number of rotatable bonds is 7. The number of nitrogens with one attached hydrogen (secondary N) is 1. The van der Waals surface area contributed by atoms with Crippen molar-refractivity contribution in [3.05, 3.63) is 84.2 Å². The minimum Gasteiger partial charge on any atom is -0.508 e. The number of fused-ring (bicyclic) bond motifs is 1. The summed E-state index contributed by atoms with van der Waals surface area (Å²) in [5.41, 5.74) is 3.44. The molecule has 2 N–H and O–H groups in total. The maximum Gasteiger partial charge on any atom is 0.229 e. The Bertz CT molecular complexity index is 1310. The molecule has 178 valence electrons. The molecule has 4 aromatic rings. The smallest absolute Gasteiger partial charge is 0.229 e. The van der Waals surface area contributed by atoms with Crippen LogP contribution in [0.3, 0.4) is 0 Å². The fraction of sp³-hybridized carbons (Fsp3) is 0.300. The van der Waals surface area contributed by atoms with Crippen LogP contribution in [0, 0.1) is 5.92 Å². The number of carbonyl (C=O) groups is 1. The second-order valence-corrected chi connectivity index (χ2v) is 9.55. The van der Waals surface area contributed by atoms with Crippen molar-refractivity contribution < 1.29 is 9.90 Å². The molecule has 5 nitrogen and oxygen atoms in total. The van der Waals surface area contributed by atoms with Gasteiger partial charge in [0.15, 0.2) is 5.82 Å². The molecule has 0 radical (unpaired) electrons. The van der Waals surface area contributed by atoms with Crippen molar-refractivity contribution in [2.75, 3.05) is 5.32 Å². The van der Waals surface area contributed by atoms with Gasteiger partial charge in [-0.05, 0) is 59.4 Å². The van der Waals surface area contributed by atoms with Crippen molar-refractivity contribution in [1.82, 2.24) is 9.97 Å². The van der Waals surface area contributed by atoms with Crippen LogP contribution in [0.15, 0.2) is 72.9 Å². The van der Waals surface area contributed by atoms with Crippen LogP contribution in [0.25, 0.3) is 22.0 Å². The van der Waals surface area contributed by atoms with Crippen molar-refractivity contribution in [2.45, 2.75) is 51.4 Å². The van der Waals surface area contributed by atoms with E-state index in [0.29, 0.717) is 11.7 Å². The predicted molar refractivity (Wildman–Crippen MR) is 140 cm³/mol. The lowest BCUT2D eigenvalue weighted by molar-refractivity contribution is -0.115. The number of carbonyl (C=O) groups excluding carboxylic acids is 1. The molecule has 1 saturated carbocycles. The second-order valence-electron chi connectivity index (χ2n) is 9.55. The third-order valence-electron chi connectivity index (χ3n) is 6.96. The fourth-order valence-electron chi connectivity index (χ4n) is 5.00. The number of benzene rings is 3. The molecule has 0 atom stereocenters. The van der Waals surface area contributed by atoms with Gasteiger partial charge in [-0.3, -0.25) is 4.79 Å². The molecule has 0 bridgehead atoms. The minimum atomic E-state index is -0.0918. The topological polar surface area (TPSA) is 75.1 Å². The molecule has 0 saturated heterocycles. The minimum absolute atomic E-state index is 0.0918. The summed E-state index contributed by atoms with van der Waals surface area (Å²) >= 11 is 0. The van der Waals surface area contributed by atoms with Gasteiger partial charge >= 0.3 is 0 Å². The third-order valence-corrected chi connectivity index (χ3v) is 6.96. The van der Waals surface area contributed by atoms with Crippen LogP contribution in [-0.4, -0.2) is 21.0 Å². The lowest BCUT2D eigenvalue weighted by Gasteiger charge is -2.21. The third kappa shape index (κ3) is 5.86. The Morgan fingerprint density at radius 1 is 0.943 bits per heavy atom. The number of phenols is 1. The number of phenolic OH excluding ortho intramolecular Hbond substituents is 1. The standard InChI is InChI=1S/C30H31N3O2/c34-26-15-13-24(14-16-26)28-20-31-30(27(32-28)17-11-21-6-2-1-3-7-21)33-29(35)19-22-10-12-23-8-4-5-9-25(23)18-22/h4-5,8-10,12-16,18,20-21,34H,1-3,6-7,11,17,19H2,(H,31,33,35). The van der Waals surface area contributed by atoms with E-state index < -0.39 is 0 Å². The van der Waals surface area contributed by atoms with Gasteiger partial charge in [0.1, 0.15) is 5.75 Å². The largest absolute Gasteiger partial charge is 0.508 e. The quantitative estimate of drug-likeness (QED) is 0.319. The van der Waals surface area contributed by atoms with E-state index in [9.17, 15) is 9.90 Å². The first-order valence-electron chi connectivity index (χ1n) is 12.6. The zero-order valence-electron chi connectivity index (χ0n) is 19.9. The number of hydrogen-bond donors (Lipinski definition) is 2. The van der Waals surface area contributed by atoms with Gasteiger partial charge in [0, 0.05) is 5.56 Å². The lowest BCUT2D eigenvalue weighted by atomic mass is 9.86. The number of aryl methyl sites for hydroxylation is 1. The molecule has 1 aliphatic rings. The van der Waals surface area contributed by atoms with E-state index in [1.807, 2.05) is 30.3 Å². The van der Waals surface area contributed by atoms with Crippen LogP contribution in [0.2, 0.25) is 0 Å². The highest BCUT2D eigenvalue weighted by atomic mass is 16.3. The van der Waals surface area contributed by atoms with Crippen molar-refractivity contribution >= 4 is 22.5 Å². The molecule has 1 amide bonds. The predicted octanol–water partition coefficient (Wildman–Crippen LogP) is 6.70. The van der Waals surface area contributed by atoms with Gasteiger partial charge < -0.3 is 10.4 Å². The number of hydrogen-bond acceptors (Lipinski definition) is 4. The lowest BCUT2D eigenvalue weighted by Crippen LogP contribution is -2.18.